The molecule has 8 nitrogen and oxygen atoms in total. The van der Waals surface area contributed by atoms with E-state index in [0.29, 0.717) is 30.0 Å². The predicted molar refractivity (Wildman–Crippen MR) is 182 cm³/mol. The van der Waals surface area contributed by atoms with Crippen LogP contribution in [0.3, 0.4) is 0 Å². The molecule has 4 rings (SSSR count). The second-order valence-electron chi connectivity index (χ2n) is 11.4. The number of carbonyl (C=O) groups excluding carboxylic acids is 2. The Morgan fingerprint density at radius 2 is 1.49 bits per heavy atom. The number of nitrogens with one attached hydrogen (secondary N) is 1. The average molecular weight is 660 g/mol. The summed E-state index contributed by atoms with van der Waals surface area (Å²) in [6, 6.07) is 26.7. The van der Waals surface area contributed by atoms with Gasteiger partial charge in [-0.15, -0.1) is 0 Å². The molecule has 2 amide bonds. The van der Waals surface area contributed by atoms with Crippen LogP contribution in [0.25, 0.3) is 0 Å². The summed E-state index contributed by atoms with van der Waals surface area (Å²) in [6.07, 6.45) is 0.865. The molecule has 0 heterocycles. The van der Waals surface area contributed by atoms with Crippen molar-refractivity contribution in [3.05, 3.63) is 126 Å². The first-order valence-corrected chi connectivity index (χ1v) is 17.2. The topological polar surface area (TPSA) is 96.0 Å². The standard InChI is InChI=1S/C37H42FN3O5S/c1-5-28(4)39-37(43)35(24-29-10-8-7-9-11-29)40(25-30-14-16-31(38)17-15-30)36(42)26-41(32-18-12-27(3)13-19-32)47(44,45)34-22-20-33(21-23-34)46-6-2/h7-23,28,35H,5-6,24-26H2,1-4H3,(H,39,43). The summed E-state index contributed by atoms with van der Waals surface area (Å²) in [6.45, 7) is 7.35. The van der Waals surface area contributed by atoms with Crippen molar-refractivity contribution in [1.82, 2.24) is 10.2 Å². The number of halogens is 1. The van der Waals surface area contributed by atoms with Gasteiger partial charge in [0, 0.05) is 19.0 Å². The number of hydrogen-bond acceptors (Lipinski definition) is 5. The van der Waals surface area contributed by atoms with Gasteiger partial charge in [0.1, 0.15) is 24.2 Å². The maximum atomic E-state index is 14.5. The maximum Gasteiger partial charge on any atom is 0.264 e. The van der Waals surface area contributed by atoms with Crippen LogP contribution >= 0.6 is 0 Å². The molecule has 0 saturated heterocycles. The van der Waals surface area contributed by atoms with Gasteiger partial charge >= 0.3 is 0 Å². The van der Waals surface area contributed by atoms with Gasteiger partial charge in [0.25, 0.3) is 10.0 Å². The van der Waals surface area contributed by atoms with Crippen molar-refractivity contribution in [3.63, 3.8) is 0 Å². The summed E-state index contributed by atoms with van der Waals surface area (Å²) in [4.78, 5) is 29.8. The van der Waals surface area contributed by atoms with E-state index < -0.39 is 34.3 Å². The Kier molecular flexibility index (Phi) is 12.1. The van der Waals surface area contributed by atoms with Gasteiger partial charge in [0.2, 0.25) is 11.8 Å². The zero-order valence-electron chi connectivity index (χ0n) is 27.2. The summed E-state index contributed by atoms with van der Waals surface area (Å²) >= 11 is 0. The van der Waals surface area contributed by atoms with Gasteiger partial charge in [-0.2, -0.15) is 0 Å². The molecule has 248 valence electrons. The first-order chi connectivity index (χ1) is 22.5. The Labute approximate surface area is 277 Å². The fourth-order valence-electron chi connectivity index (χ4n) is 5.02. The van der Waals surface area contributed by atoms with E-state index in [0.717, 1.165) is 15.4 Å². The number of sulfonamides is 1. The number of benzene rings is 4. The van der Waals surface area contributed by atoms with Gasteiger partial charge in [0.05, 0.1) is 17.2 Å². The van der Waals surface area contributed by atoms with E-state index in [2.05, 4.69) is 5.32 Å². The lowest BCUT2D eigenvalue weighted by Gasteiger charge is -2.34. The van der Waals surface area contributed by atoms with Crippen LogP contribution in [-0.4, -0.2) is 50.4 Å². The highest BCUT2D eigenvalue weighted by Gasteiger charge is 2.35. The minimum atomic E-state index is -4.25. The average Bonchev–Trinajstić information content (AvgIpc) is 3.07. The van der Waals surface area contributed by atoms with Gasteiger partial charge in [0.15, 0.2) is 0 Å². The number of ether oxygens (including phenoxy) is 1. The highest BCUT2D eigenvalue weighted by atomic mass is 32.2. The molecule has 47 heavy (non-hydrogen) atoms. The SMILES string of the molecule is CCOc1ccc(S(=O)(=O)N(CC(=O)N(Cc2ccc(F)cc2)C(Cc2ccccc2)C(=O)NC(C)CC)c2ccc(C)cc2)cc1. The number of nitrogens with zero attached hydrogens (tertiary/aromatic N) is 2. The number of rotatable bonds is 15. The molecule has 2 unspecified atom stereocenters. The fourth-order valence-corrected chi connectivity index (χ4v) is 6.44. The largest absolute Gasteiger partial charge is 0.494 e. The Morgan fingerprint density at radius 3 is 2.09 bits per heavy atom. The van der Waals surface area contributed by atoms with Crippen molar-refractivity contribution >= 4 is 27.5 Å². The molecule has 1 N–H and O–H groups in total. The van der Waals surface area contributed by atoms with Crippen molar-refractivity contribution in [1.29, 1.82) is 0 Å². The van der Waals surface area contributed by atoms with Crippen molar-refractivity contribution in [2.24, 2.45) is 0 Å². The van der Waals surface area contributed by atoms with Crippen LogP contribution in [0.2, 0.25) is 0 Å². The van der Waals surface area contributed by atoms with Crippen LogP contribution in [0.15, 0.2) is 108 Å². The molecule has 0 aliphatic rings. The van der Waals surface area contributed by atoms with Gasteiger partial charge in [-0.25, -0.2) is 12.8 Å². The monoisotopic (exact) mass is 659 g/mol. The Hall–Kier alpha value is -4.70. The summed E-state index contributed by atoms with van der Waals surface area (Å²) in [5.41, 5.74) is 2.63. The number of anilines is 1. The van der Waals surface area contributed by atoms with Crippen molar-refractivity contribution in [2.45, 2.75) is 64.1 Å². The van der Waals surface area contributed by atoms with Gasteiger partial charge in [-0.3, -0.25) is 13.9 Å². The fraction of sp³-hybridized carbons (Fsp3) is 0.297. The third kappa shape index (κ3) is 9.42. The molecule has 0 fully saturated rings. The second kappa shape index (κ2) is 16.2. The Morgan fingerprint density at radius 1 is 0.851 bits per heavy atom. The smallest absolute Gasteiger partial charge is 0.264 e. The van der Waals surface area contributed by atoms with E-state index in [1.54, 1.807) is 48.5 Å². The molecule has 4 aromatic rings. The molecule has 4 aromatic carbocycles. The van der Waals surface area contributed by atoms with Gasteiger partial charge in [-0.1, -0.05) is 67.1 Å². The number of amides is 2. The van der Waals surface area contributed by atoms with Crippen LogP contribution in [0.4, 0.5) is 10.1 Å². The maximum absolute atomic E-state index is 14.5. The van der Waals surface area contributed by atoms with Crippen LogP contribution in [0.1, 0.15) is 43.9 Å². The third-order valence-electron chi connectivity index (χ3n) is 7.86. The molecule has 0 aromatic heterocycles. The molecular formula is C37H42FN3O5S. The van der Waals surface area contributed by atoms with Crippen LogP contribution in [0, 0.1) is 12.7 Å². The molecule has 0 aliphatic heterocycles. The summed E-state index contributed by atoms with van der Waals surface area (Å²) in [5, 5.41) is 3.01. The van der Waals surface area contributed by atoms with E-state index >= 15 is 0 Å². The molecule has 2 atom stereocenters. The van der Waals surface area contributed by atoms with E-state index in [1.807, 2.05) is 58.0 Å². The minimum Gasteiger partial charge on any atom is -0.494 e. The van der Waals surface area contributed by atoms with Gasteiger partial charge < -0.3 is 15.0 Å². The first-order valence-electron chi connectivity index (χ1n) is 15.7. The second-order valence-corrected chi connectivity index (χ2v) is 13.3. The summed E-state index contributed by atoms with van der Waals surface area (Å²) < 4.78 is 48.8. The molecule has 0 spiro atoms. The molecule has 0 bridgehead atoms. The summed E-state index contributed by atoms with van der Waals surface area (Å²) in [5.74, 6) is -0.875. The predicted octanol–water partition coefficient (Wildman–Crippen LogP) is 6.28. The zero-order valence-corrected chi connectivity index (χ0v) is 28.0. The normalized spacial score (nSPS) is 12.5. The van der Waals surface area contributed by atoms with E-state index in [-0.39, 0.29) is 29.8 Å². The zero-order chi connectivity index (χ0) is 34.0. The minimum absolute atomic E-state index is 0.0187. The lowest BCUT2D eigenvalue weighted by molar-refractivity contribution is -0.140. The van der Waals surface area contributed by atoms with Gasteiger partial charge in [-0.05, 0) is 86.8 Å². The Bertz CT molecular complexity index is 1720. The van der Waals surface area contributed by atoms with Crippen molar-refractivity contribution < 1.29 is 27.1 Å². The molecule has 0 saturated carbocycles. The third-order valence-corrected chi connectivity index (χ3v) is 9.65. The van der Waals surface area contributed by atoms with Crippen LogP contribution in [0.5, 0.6) is 5.75 Å². The first kappa shape index (κ1) is 35.2. The lowest BCUT2D eigenvalue weighted by atomic mass is 10.0. The molecular weight excluding hydrogens is 617 g/mol. The number of carbonyl (C=O) groups is 2. The summed E-state index contributed by atoms with van der Waals surface area (Å²) in [7, 11) is -4.25. The number of hydrogen-bond donors (Lipinski definition) is 1. The van der Waals surface area contributed by atoms with E-state index in [4.69, 9.17) is 4.74 Å². The van der Waals surface area contributed by atoms with Crippen molar-refractivity contribution in [2.75, 3.05) is 17.5 Å². The number of aryl methyl sites for hydroxylation is 1. The lowest BCUT2D eigenvalue weighted by Crippen LogP contribution is -2.54. The molecule has 0 radical (unpaired) electrons. The highest BCUT2D eigenvalue weighted by Crippen LogP contribution is 2.27. The van der Waals surface area contributed by atoms with Crippen molar-refractivity contribution in [3.8, 4) is 5.75 Å². The Balaban J connectivity index is 1.79. The van der Waals surface area contributed by atoms with Crippen LogP contribution in [-0.2, 0) is 32.6 Å². The molecule has 10 heteroatoms. The van der Waals surface area contributed by atoms with E-state index in [1.165, 1.54) is 29.2 Å². The highest BCUT2D eigenvalue weighted by molar-refractivity contribution is 7.92. The van der Waals surface area contributed by atoms with Crippen LogP contribution < -0.4 is 14.4 Å². The quantitative estimate of drug-likeness (QED) is 0.162. The molecule has 0 aliphatic carbocycles. The van der Waals surface area contributed by atoms with E-state index in [9.17, 15) is 22.4 Å².